The SMILES string of the molecule is COC(=O)CCC(C)N1CCC2NNC(c3cccc4ccccc34)C2C1. The second-order valence-electron chi connectivity index (χ2n) is 7.85. The van der Waals surface area contributed by atoms with Crippen molar-refractivity contribution >= 4 is 16.7 Å². The molecule has 0 aliphatic carbocycles. The molecule has 5 heteroatoms. The van der Waals surface area contributed by atoms with Crippen molar-refractivity contribution in [1.29, 1.82) is 0 Å². The van der Waals surface area contributed by atoms with Gasteiger partial charge in [0.15, 0.2) is 0 Å². The number of nitrogens with zero attached hydrogens (tertiary/aromatic N) is 1. The van der Waals surface area contributed by atoms with E-state index in [1.54, 1.807) is 0 Å². The Balaban J connectivity index is 1.51. The smallest absolute Gasteiger partial charge is 0.305 e. The minimum Gasteiger partial charge on any atom is -0.469 e. The number of methoxy groups -OCH3 is 1. The predicted octanol–water partition coefficient (Wildman–Crippen LogP) is 3.02. The highest BCUT2D eigenvalue weighted by molar-refractivity contribution is 5.86. The second-order valence-corrected chi connectivity index (χ2v) is 7.85. The lowest BCUT2D eigenvalue weighted by Gasteiger charge is -2.39. The molecule has 144 valence electrons. The molecule has 4 unspecified atom stereocenters. The molecule has 0 aromatic heterocycles. The summed E-state index contributed by atoms with van der Waals surface area (Å²) in [4.78, 5) is 14.0. The molecule has 0 radical (unpaired) electrons. The Morgan fingerprint density at radius 3 is 2.89 bits per heavy atom. The van der Waals surface area contributed by atoms with E-state index in [0.29, 0.717) is 30.5 Å². The molecule has 0 amide bonds. The zero-order valence-electron chi connectivity index (χ0n) is 16.2. The number of carbonyl (C=O) groups excluding carboxylic acids is 1. The van der Waals surface area contributed by atoms with Gasteiger partial charge in [0.05, 0.1) is 13.2 Å². The number of likely N-dealkylation sites (tertiary alicyclic amines) is 1. The summed E-state index contributed by atoms with van der Waals surface area (Å²) in [6.07, 6.45) is 2.47. The van der Waals surface area contributed by atoms with Gasteiger partial charge in [0, 0.05) is 31.0 Å². The minimum absolute atomic E-state index is 0.116. The summed E-state index contributed by atoms with van der Waals surface area (Å²) in [5, 5.41) is 2.62. The van der Waals surface area contributed by atoms with E-state index in [1.807, 2.05) is 0 Å². The summed E-state index contributed by atoms with van der Waals surface area (Å²) in [6, 6.07) is 16.4. The number of rotatable bonds is 5. The highest BCUT2D eigenvalue weighted by Crippen LogP contribution is 2.37. The maximum atomic E-state index is 11.5. The Morgan fingerprint density at radius 2 is 2.04 bits per heavy atom. The fourth-order valence-electron chi connectivity index (χ4n) is 4.67. The van der Waals surface area contributed by atoms with Crippen LogP contribution in [0.1, 0.15) is 37.8 Å². The Morgan fingerprint density at radius 1 is 1.22 bits per heavy atom. The standard InChI is InChI=1S/C22H29N3O2/c1-15(10-11-21(26)27-2)25-13-12-20-19(14-25)22(24-23-20)18-9-5-7-16-6-3-4-8-17(16)18/h3-9,15,19-20,22-24H,10-14H2,1-2H3. The maximum Gasteiger partial charge on any atom is 0.305 e. The number of esters is 1. The second kappa shape index (κ2) is 7.97. The fraction of sp³-hybridized carbons (Fsp3) is 0.500. The van der Waals surface area contributed by atoms with E-state index in [4.69, 9.17) is 4.74 Å². The van der Waals surface area contributed by atoms with Crippen LogP contribution in [0.2, 0.25) is 0 Å². The monoisotopic (exact) mass is 367 g/mol. The maximum absolute atomic E-state index is 11.5. The van der Waals surface area contributed by atoms with Crippen molar-refractivity contribution in [2.24, 2.45) is 5.92 Å². The molecular weight excluding hydrogens is 338 g/mol. The van der Waals surface area contributed by atoms with Crippen molar-refractivity contribution in [1.82, 2.24) is 15.8 Å². The molecule has 2 aliphatic heterocycles. The molecule has 2 heterocycles. The zero-order chi connectivity index (χ0) is 18.8. The molecule has 4 atom stereocenters. The largest absolute Gasteiger partial charge is 0.469 e. The van der Waals surface area contributed by atoms with Gasteiger partial charge in [-0.25, -0.2) is 5.43 Å². The number of benzene rings is 2. The quantitative estimate of drug-likeness (QED) is 0.796. The molecule has 2 saturated heterocycles. The highest BCUT2D eigenvalue weighted by atomic mass is 16.5. The van der Waals surface area contributed by atoms with Crippen molar-refractivity contribution < 1.29 is 9.53 Å². The van der Waals surface area contributed by atoms with Gasteiger partial charge in [0.2, 0.25) is 0 Å². The summed E-state index contributed by atoms with van der Waals surface area (Å²) in [5.74, 6) is 0.403. The lowest BCUT2D eigenvalue weighted by molar-refractivity contribution is -0.141. The first-order chi connectivity index (χ1) is 13.2. The molecular formula is C22H29N3O2. The Bertz CT molecular complexity index is 804. The van der Waals surface area contributed by atoms with Crippen LogP contribution in [0.15, 0.2) is 42.5 Å². The third-order valence-corrected chi connectivity index (χ3v) is 6.32. The average Bonchev–Trinajstić information content (AvgIpc) is 3.14. The summed E-state index contributed by atoms with van der Waals surface area (Å²) >= 11 is 0. The van der Waals surface area contributed by atoms with Crippen LogP contribution in [0.4, 0.5) is 0 Å². The predicted molar refractivity (Wildman–Crippen MR) is 107 cm³/mol. The van der Waals surface area contributed by atoms with Gasteiger partial charge in [-0.15, -0.1) is 0 Å². The van der Waals surface area contributed by atoms with Gasteiger partial charge in [-0.05, 0) is 42.6 Å². The zero-order valence-corrected chi connectivity index (χ0v) is 16.2. The molecule has 5 nitrogen and oxygen atoms in total. The van der Waals surface area contributed by atoms with Crippen LogP contribution in [0.5, 0.6) is 0 Å². The van der Waals surface area contributed by atoms with Gasteiger partial charge >= 0.3 is 5.97 Å². The molecule has 0 saturated carbocycles. The lowest BCUT2D eigenvalue weighted by Crippen LogP contribution is -2.48. The third kappa shape index (κ3) is 3.72. The molecule has 2 aromatic rings. The summed E-state index contributed by atoms with van der Waals surface area (Å²) in [6.45, 7) is 4.34. The lowest BCUT2D eigenvalue weighted by atomic mass is 9.83. The number of hydrogen-bond donors (Lipinski definition) is 2. The molecule has 2 N–H and O–H groups in total. The number of ether oxygens (including phenoxy) is 1. The molecule has 2 aromatic carbocycles. The summed E-state index contributed by atoms with van der Waals surface area (Å²) in [7, 11) is 1.46. The molecule has 2 fully saturated rings. The van der Waals surface area contributed by atoms with E-state index in [9.17, 15) is 4.79 Å². The van der Waals surface area contributed by atoms with Gasteiger partial charge in [0.1, 0.15) is 0 Å². The van der Waals surface area contributed by atoms with Crippen LogP contribution in [-0.4, -0.2) is 43.2 Å². The van der Waals surface area contributed by atoms with E-state index < -0.39 is 0 Å². The molecule has 0 bridgehead atoms. The van der Waals surface area contributed by atoms with Crippen molar-refractivity contribution in [2.75, 3.05) is 20.2 Å². The third-order valence-electron chi connectivity index (χ3n) is 6.32. The van der Waals surface area contributed by atoms with Crippen LogP contribution in [0, 0.1) is 5.92 Å². The number of nitrogens with one attached hydrogen (secondary N) is 2. The molecule has 0 spiro atoms. The van der Waals surface area contributed by atoms with Gasteiger partial charge in [0.25, 0.3) is 0 Å². The summed E-state index contributed by atoms with van der Waals surface area (Å²) < 4.78 is 4.80. The van der Waals surface area contributed by atoms with E-state index in [-0.39, 0.29) is 5.97 Å². The van der Waals surface area contributed by atoms with Crippen LogP contribution < -0.4 is 10.9 Å². The van der Waals surface area contributed by atoms with Crippen LogP contribution in [-0.2, 0) is 9.53 Å². The van der Waals surface area contributed by atoms with Gasteiger partial charge in [-0.3, -0.25) is 10.2 Å². The number of piperidine rings is 1. The van der Waals surface area contributed by atoms with E-state index >= 15 is 0 Å². The number of hydrogen-bond acceptors (Lipinski definition) is 5. The average molecular weight is 367 g/mol. The number of carbonyl (C=O) groups is 1. The number of hydrazine groups is 1. The Labute approximate surface area is 161 Å². The topological polar surface area (TPSA) is 53.6 Å². The van der Waals surface area contributed by atoms with Crippen LogP contribution >= 0.6 is 0 Å². The van der Waals surface area contributed by atoms with Crippen molar-refractivity contribution in [3.63, 3.8) is 0 Å². The highest BCUT2D eigenvalue weighted by Gasteiger charge is 2.41. The Kier molecular flexibility index (Phi) is 5.43. The van der Waals surface area contributed by atoms with Crippen molar-refractivity contribution in [3.05, 3.63) is 48.0 Å². The van der Waals surface area contributed by atoms with E-state index in [2.05, 4.69) is 65.1 Å². The number of fused-ring (bicyclic) bond motifs is 2. The van der Waals surface area contributed by atoms with Crippen molar-refractivity contribution in [2.45, 2.75) is 44.3 Å². The van der Waals surface area contributed by atoms with Crippen LogP contribution in [0.25, 0.3) is 10.8 Å². The van der Waals surface area contributed by atoms with E-state index in [0.717, 1.165) is 25.9 Å². The summed E-state index contributed by atoms with van der Waals surface area (Å²) in [5.41, 5.74) is 8.49. The molecule has 27 heavy (non-hydrogen) atoms. The normalized spacial score (nSPS) is 26.7. The first-order valence-electron chi connectivity index (χ1n) is 9.97. The molecule has 4 rings (SSSR count). The first kappa shape index (κ1) is 18.4. The van der Waals surface area contributed by atoms with Gasteiger partial charge in [-0.1, -0.05) is 42.5 Å². The molecule has 2 aliphatic rings. The Hall–Kier alpha value is -1.95. The fourth-order valence-corrected chi connectivity index (χ4v) is 4.67. The van der Waals surface area contributed by atoms with Gasteiger partial charge < -0.3 is 9.64 Å². The first-order valence-corrected chi connectivity index (χ1v) is 9.97. The van der Waals surface area contributed by atoms with Gasteiger partial charge in [-0.2, -0.15) is 0 Å². The van der Waals surface area contributed by atoms with E-state index in [1.165, 1.54) is 23.4 Å². The van der Waals surface area contributed by atoms with Crippen LogP contribution in [0.3, 0.4) is 0 Å². The minimum atomic E-state index is -0.116. The van der Waals surface area contributed by atoms with Crippen molar-refractivity contribution in [3.8, 4) is 0 Å².